The lowest BCUT2D eigenvalue weighted by Crippen LogP contribution is -2.16. The first-order valence-corrected chi connectivity index (χ1v) is 7.70. The van der Waals surface area contributed by atoms with E-state index >= 15 is 0 Å². The number of hydrogen-bond donors (Lipinski definition) is 2. The molecule has 0 saturated heterocycles. The van der Waals surface area contributed by atoms with Crippen LogP contribution < -0.4 is 5.32 Å². The fourth-order valence-electron chi connectivity index (χ4n) is 3.38. The van der Waals surface area contributed by atoms with Gasteiger partial charge in [-0.05, 0) is 47.9 Å². The number of nitrogens with one attached hydrogen (secondary N) is 2. The summed E-state index contributed by atoms with van der Waals surface area (Å²) in [5.41, 5.74) is 7.15. The number of benzene rings is 2. The van der Waals surface area contributed by atoms with Crippen molar-refractivity contribution in [3.05, 3.63) is 59.3 Å². The third-order valence-corrected chi connectivity index (χ3v) is 4.44. The molecule has 1 aliphatic heterocycles. The summed E-state index contributed by atoms with van der Waals surface area (Å²) in [5.74, 6) is 0. The maximum Gasteiger partial charge on any atom is 0.0991 e. The second-order valence-electron chi connectivity index (χ2n) is 5.75. The van der Waals surface area contributed by atoms with Gasteiger partial charge in [-0.1, -0.05) is 24.3 Å². The van der Waals surface area contributed by atoms with Gasteiger partial charge in [0.1, 0.15) is 0 Å². The first kappa shape index (κ1) is 13.1. The van der Waals surface area contributed by atoms with Crippen LogP contribution in [0.1, 0.15) is 16.8 Å². The smallest absolute Gasteiger partial charge is 0.0991 e. The van der Waals surface area contributed by atoms with Crippen molar-refractivity contribution < 1.29 is 0 Å². The molecule has 22 heavy (non-hydrogen) atoms. The minimum absolute atomic E-state index is 0.702. The van der Waals surface area contributed by atoms with Gasteiger partial charge in [0, 0.05) is 29.6 Å². The maximum absolute atomic E-state index is 8.97. The molecule has 1 aliphatic rings. The van der Waals surface area contributed by atoms with Gasteiger partial charge in [-0.2, -0.15) is 5.26 Å². The minimum Gasteiger partial charge on any atom is -0.358 e. The van der Waals surface area contributed by atoms with Gasteiger partial charge in [0.25, 0.3) is 0 Å². The SMILES string of the molecule is N#Cc1ccc(-c2cccc3[nH]c4c(c23)CCNCC4)cc1. The van der Waals surface area contributed by atoms with E-state index < -0.39 is 0 Å². The fourth-order valence-corrected chi connectivity index (χ4v) is 3.38. The molecule has 0 fully saturated rings. The van der Waals surface area contributed by atoms with Crippen LogP contribution in [0.3, 0.4) is 0 Å². The van der Waals surface area contributed by atoms with Gasteiger partial charge in [-0.15, -0.1) is 0 Å². The van der Waals surface area contributed by atoms with Crippen LogP contribution in [-0.2, 0) is 12.8 Å². The lowest BCUT2D eigenvalue weighted by atomic mass is 9.96. The Labute approximate surface area is 129 Å². The largest absolute Gasteiger partial charge is 0.358 e. The van der Waals surface area contributed by atoms with Crippen LogP contribution in [0.25, 0.3) is 22.0 Å². The molecule has 2 N–H and O–H groups in total. The van der Waals surface area contributed by atoms with E-state index in [2.05, 4.69) is 34.6 Å². The van der Waals surface area contributed by atoms with E-state index in [9.17, 15) is 0 Å². The summed E-state index contributed by atoms with van der Waals surface area (Å²) in [6.45, 7) is 2.06. The van der Waals surface area contributed by atoms with Gasteiger partial charge >= 0.3 is 0 Å². The maximum atomic E-state index is 8.97. The van der Waals surface area contributed by atoms with Gasteiger partial charge in [-0.3, -0.25) is 0 Å². The van der Waals surface area contributed by atoms with Gasteiger partial charge < -0.3 is 10.3 Å². The minimum atomic E-state index is 0.702. The summed E-state index contributed by atoms with van der Waals surface area (Å²) in [5, 5.41) is 13.8. The highest BCUT2D eigenvalue weighted by molar-refractivity contribution is 5.98. The fraction of sp³-hybridized carbons (Fsp3) is 0.211. The van der Waals surface area contributed by atoms with Crippen LogP contribution in [0.2, 0.25) is 0 Å². The number of nitriles is 1. The summed E-state index contributed by atoms with van der Waals surface area (Å²) in [6, 6.07) is 16.5. The second-order valence-corrected chi connectivity index (χ2v) is 5.75. The van der Waals surface area contributed by atoms with E-state index in [1.165, 1.54) is 33.3 Å². The molecule has 0 radical (unpaired) electrons. The Morgan fingerprint density at radius 3 is 2.59 bits per heavy atom. The number of H-pyrrole nitrogens is 1. The molecule has 2 heterocycles. The molecule has 108 valence electrons. The third kappa shape index (κ3) is 2.09. The Hall–Kier alpha value is -2.57. The first-order chi connectivity index (χ1) is 10.9. The van der Waals surface area contributed by atoms with Crippen LogP contribution in [0.15, 0.2) is 42.5 Å². The van der Waals surface area contributed by atoms with Gasteiger partial charge in [0.05, 0.1) is 11.6 Å². The van der Waals surface area contributed by atoms with Crippen LogP contribution in [0.5, 0.6) is 0 Å². The van der Waals surface area contributed by atoms with E-state index in [-0.39, 0.29) is 0 Å². The monoisotopic (exact) mass is 287 g/mol. The summed E-state index contributed by atoms with van der Waals surface area (Å²) in [6.07, 6.45) is 2.11. The van der Waals surface area contributed by atoms with E-state index in [1.54, 1.807) is 0 Å². The van der Waals surface area contributed by atoms with Gasteiger partial charge in [0.15, 0.2) is 0 Å². The molecular formula is C19H17N3. The van der Waals surface area contributed by atoms with Crippen molar-refractivity contribution in [2.75, 3.05) is 13.1 Å². The molecule has 3 heteroatoms. The molecule has 0 spiro atoms. The average molecular weight is 287 g/mol. The summed E-state index contributed by atoms with van der Waals surface area (Å²) < 4.78 is 0. The normalized spacial score (nSPS) is 14.3. The van der Waals surface area contributed by atoms with E-state index in [4.69, 9.17) is 5.26 Å². The number of rotatable bonds is 1. The zero-order valence-electron chi connectivity index (χ0n) is 12.3. The summed E-state index contributed by atoms with van der Waals surface area (Å²) in [4.78, 5) is 3.60. The number of nitrogens with zero attached hydrogens (tertiary/aromatic N) is 1. The van der Waals surface area contributed by atoms with Gasteiger partial charge in [0.2, 0.25) is 0 Å². The Balaban J connectivity index is 1.93. The number of aromatic nitrogens is 1. The van der Waals surface area contributed by atoms with Crippen molar-refractivity contribution in [1.82, 2.24) is 10.3 Å². The van der Waals surface area contributed by atoms with Crippen molar-refractivity contribution in [2.24, 2.45) is 0 Å². The lowest BCUT2D eigenvalue weighted by molar-refractivity contribution is 0.708. The number of aromatic amines is 1. The Kier molecular flexibility index (Phi) is 3.17. The topological polar surface area (TPSA) is 51.6 Å². The third-order valence-electron chi connectivity index (χ3n) is 4.44. The Morgan fingerprint density at radius 2 is 1.77 bits per heavy atom. The molecule has 3 nitrogen and oxygen atoms in total. The summed E-state index contributed by atoms with van der Waals surface area (Å²) >= 11 is 0. The van der Waals surface area contributed by atoms with E-state index in [0.717, 1.165) is 25.9 Å². The zero-order chi connectivity index (χ0) is 14.9. The first-order valence-electron chi connectivity index (χ1n) is 7.70. The molecule has 0 aliphatic carbocycles. The molecular weight excluding hydrogens is 270 g/mol. The molecule has 0 atom stereocenters. The van der Waals surface area contributed by atoms with Crippen molar-refractivity contribution >= 4 is 10.9 Å². The molecule has 0 bridgehead atoms. The standard InChI is InChI=1S/C19H17N3/c20-12-13-4-6-14(7-5-13)15-2-1-3-18-19(15)16-8-10-21-11-9-17(16)22-18/h1-7,21-22H,8-11H2. The molecule has 0 amide bonds. The van der Waals surface area contributed by atoms with Crippen molar-refractivity contribution in [2.45, 2.75) is 12.8 Å². The van der Waals surface area contributed by atoms with Crippen LogP contribution >= 0.6 is 0 Å². The lowest BCUT2D eigenvalue weighted by Gasteiger charge is -2.07. The molecule has 4 rings (SSSR count). The van der Waals surface area contributed by atoms with E-state index in [0.29, 0.717) is 5.56 Å². The van der Waals surface area contributed by atoms with Crippen molar-refractivity contribution in [1.29, 1.82) is 5.26 Å². The number of hydrogen-bond acceptors (Lipinski definition) is 2. The van der Waals surface area contributed by atoms with Crippen LogP contribution in [0, 0.1) is 11.3 Å². The van der Waals surface area contributed by atoms with Crippen molar-refractivity contribution in [3.63, 3.8) is 0 Å². The predicted octanol–water partition coefficient (Wildman–Crippen LogP) is 3.39. The molecule has 2 aromatic carbocycles. The highest BCUT2D eigenvalue weighted by atomic mass is 14.9. The molecule has 0 unspecified atom stereocenters. The molecule has 3 aromatic rings. The highest BCUT2D eigenvalue weighted by Crippen LogP contribution is 2.34. The Morgan fingerprint density at radius 1 is 0.955 bits per heavy atom. The highest BCUT2D eigenvalue weighted by Gasteiger charge is 2.16. The number of fused-ring (bicyclic) bond motifs is 3. The summed E-state index contributed by atoms with van der Waals surface area (Å²) in [7, 11) is 0. The Bertz CT molecular complexity index is 866. The quantitative estimate of drug-likeness (QED) is 0.720. The molecule has 1 aromatic heterocycles. The average Bonchev–Trinajstić information content (AvgIpc) is 2.76. The zero-order valence-corrected chi connectivity index (χ0v) is 12.3. The molecule has 0 saturated carbocycles. The van der Waals surface area contributed by atoms with Crippen LogP contribution in [-0.4, -0.2) is 18.1 Å². The van der Waals surface area contributed by atoms with Gasteiger partial charge in [-0.25, -0.2) is 0 Å². The predicted molar refractivity (Wildman–Crippen MR) is 88.7 cm³/mol. The second kappa shape index (κ2) is 5.32. The van der Waals surface area contributed by atoms with Crippen molar-refractivity contribution in [3.8, 4) is 17.2 Å². The van der Waals surface area contributed by atoms with E-state index in [1.807, 2.05) is 24.3 Å². The van der Waals surface area contributed by atoms with Crippen LogP contribution in [0.4, 0.5) is 0 Å².